The van der Waals surface area contributed by atoms with Crippen molar-refractivity contribution in [1.29, 1.82) is 0 Å². The standard InChI is InChI=1S/C47H36/c1-3-13-39(14-4-1)46(44-23-11-19-37-15-7-9-21-42(37)44)33-34-25-27-35(28-26-34)36-29-31-41(32-30-36)47(40-17-5-2-6-18-40)45-24-12-20-38-16-8-10-22-43(38)45/h1-32,46-47H,33H2. The normalized spacial score (nSPS) is 12.6. The van der Waals surface area contributed by atoms with Crippen LogP contribution in [0.5, 0.6) is 0 Å². The molecule has 224 valence electrons. The van der Waals surface area contributed by atoms with Crippen molar-refractivity contribution in [3.8, 4) is 11.1 Å². The number of benzene rings is 8. The van der Waals surface area contributed by atoms with Crippen LogP contribution in [0.15, 0.2) is 194 Å². The molecule has 8 aromatic rings. The number of fused-ring (bicyclic) bond motifs is 2. The molecule has 8 rings (SSSR count). The number of hydrogen-bond acceptors (Lipinski definition) is 0. The lowest BCUT2D eigenvalue weighted by Crippen LogP contribution is -2.06. The van der Waals surface area contributed by atoms with E-state index in [9.17, 15) is 0 Å². The monoisotopic (exact) mass is 600 g/mol. The third kappa shape index (κ3) is 5.87. The van der Waals surface area contributed by atoms with Crippen molar-refractivity contribution in [2.45, 2.75) is 18.3 Å². The van der Waals surface area contributed by atoms with Gasteiger partial charge in [-0.2, -0.15) is 0 Å². The fourth-order valence-corrected chi connectivity index (χ4v) is 7.28. The first kappa shape index (κ1) is 28.7. The maximum atomic E-state index is 2.31. The number of hydrogen-bond donors (Lipinski definition) is 0. The summed E-state index contributed by atoms with van der Waals surface area (Å²) in [7, 11) is 0. The first-order chi connectivity index (χ1) is 23.3. The molecule has 2 atom stereocenters. The Hall–Kier alpha value is -5.72. The summed E-state index contributed by atoms with van der Waals surface area (Å²) in [4.78, 5) is 0. The van der Waals surface area contributed by atoms with Gasteiger partial charge in [-0.15, -0.1) is 0 Å². The van der Waals surface area contributed by atoms with Gasteiger partial charge in [0, 0.05) is 11.8 Å². The van der Waals surface area contributed by atoms with Crippen LogP contribution in [0.4, 0.5) is 0 Å². The molecule has 2 unspecified atom stereocenters. The van der Waals surface area contributed by atoms with Crippen molar-refractivity contribution in [2.75, 3.05) is 0 Å². The zero-order valence-electron chi connectivity index (χ0n) is 26.3. The van der Waals surface area contributed by atoms with E-state index < -0.39 is 0 Å². The Morgan fingerprint density at radius 3 is 1.38 bits per heavy atom. The Bertz CT molecular complexity index is 2240. The van der Waals surface area contributed by atoms with Gasteiger partial charge in [0.15, 0.2) is 0 Å². The largest absolute Gasteiger partial charge is 0.0622 e. The highest BCUT2D eigenvalue weighted by atomic mass is 14.2. The SMILES string of the molecule is c1ccc(C(Cc2ccc(-c3ccc(C(c4ccccc4)c4cccc5ccccc45)cc3)cc2)c2cccc3ccccc23)cc1. The second-order valence-corrected chi connectivity index (χ2v) is 12.5. The minimum atomic E-state index is 0.155. The van der Waals surface area contributed by atoms with Gasteiger partial charge in [-0.3, -0.25) is 0 Å². The average molecular weight is 601 g/mol. The zero-order valence-corrected chi connectivity index (χ0v) is 26.3. The molecule has 0 heterocycles. The second-order valence-electron chi connectivity index (χ2n) is 12.5. The molecule has 0 spiro atoms. The maximum absolute atomic E-state index is 2.31. The quantitative estimate of drug-likeness (QED) is 0.152. The molecule has 0 aliphatic rings. The Balaban J connectivity index is 1.10. The molecule has 0 aliphatic heterocycles. The van der Waals surface area contributed by atoms with E-state index in [4.69, 9.17) is 0 Å². The van der Waals surface area contributed by atoms with E-state index in [1.54, 1.807) is 0 Å². The third-order valence-electron chi connectivity index (χ3n) is 9.64. The summed E-state index contributed by atoms with van der Waals surface area (Å²) in [5.41, 5.74) is 10.5. The van der Waals surface area contributed by atoms with Crippen LogP contribution >= 0.6 is 0 Å². The van der Waals surface area contributed by atoms with Gasteiger partial charge in [0.05, 0.1) is 0 Å². The van der Waals surface area contributed by atoms with Crippen LogP contribution in [0.3, 0.4) is 0 Å². The predicted octanol–water partition coefficient (Wildman–Crippen LogP) is 12.2. The lowest BCUT2D eigenvalue weighted by molar-refractivity contribution is 0.812. The highest BCUT2D eigenvalue weighted by Gasteiger charge is 2.20. The molecule has 0 amide bonds. The van der Waals surface area contributed by atoms with E-state index in [-0.39, 0.29) is 11.8 Å². The van der Waals surface area contributed by atoms with Gasteiger partial charge >= 0.3 is 0 Å². The van der Waals surface area contributed by atoms with Crippen molar-refractivity contribution in [2.24, 2.45) is 0 Å². The van der Waals surface area contributed by atoms with E-state index in [2.05, 4.69) is 194 Å². The van der Waals surface area contributed by atoms with Crippen molar-refractivity contribution in [3.63, 3.8) is 0 Å². The van der Waals surface area contributed by atoms with Gasteiger partial charge in [0.25, 0.3) is 0 Å². The first-order valence-electron chi connectivity index (χ1n) is 16.6. The van der Waals surface area contributed by atoms with Gasteiger partial charge in [-0.1, -0.05) is 194 Å². The Morgan fingerprint density at radius 1 is 0.319 bits per heavy atom. The smallest absolute Gasteiger partial charge is 0.0346 e. The Labute approximate surface area is 277 Å². The molecule has 0 saturated carbocycles. The van der Waals surface area contributed by atoms with Gasteiger partial charge in [-0.25, -0.2) is 0 Å². The molecular weight excluding hydrogens is 565 g/mol. The van der Waals surface area contributed by atoms with Gasteiger partial charge in [-0.05, 0) is 72.5 Å². The van der Waals surface area contributed by atoms with Crippen molar-refractivity contribution in [3.05, 3.63) is 228 Å². The van der Waals surface area contributed by atoms with Crippen LogP contribution in [0.1, 0.15) is 45.2 Å². The van der Waals surface area contributed by atoms with Gasteiger partial charge in [0.2, 0.25) is 0 Å². The van der Waals surface area contributed by atoms with E-state index in [1.807, 2.05) is 0 Å². The summed E-state index contributed by atoms with van der Waals surface area (Å²) in [6.45, 7) is 0. The lowest BCUT2D eigenvalue weighted by atomic mass is 9.82. The zero-order chi connectivity index (χ0) is 31.4. The van der Waals surface area contributed by atoms with Gasteiger partial charge in [0.1, 0.15) is 0 Å². The highest BCUT2D eigenvalue weighted by molar-refractivity contribution is 5.88. The molecule has 0 saturated heterocycles. The van der Waals surface area contributed by atoms with E-state index in [0.717, 1.165) is 6.42 Å². The lowest BCUT2D eigenvalue weighted by Gasteiger charge is -2.21. The summed E-state index contributed by atoms with van der Waals surface area (Å²) in [5, 5.41) is 5.20. The van der Waals surface area contributed by atoms with Crippen LogP contribution in [0.25, 0.3) is 32.7 Å². The number of rotatable bonds is 8. The van der Waals surface area contributed by atoms with Crippen molar-refractivity contribution < 1.29 is 0 Å². The Morgan fingerprint density at radius 2 is 0.766 bits per heavy atom. The van der Waals surface area contributed by atoms with Crippen LogP contribution < -0.4 is 0 Å². The molecule has 0 aromatic heterocycles. The van der Waals surface area contributed by atoms with Gasteiger partial charge < -0.3 is 0 Å². The fourth-order valence-electron chi connectivity index (χ4n) is 7.28. The third-order valence-corrected chi connectivity index (χ3v) is 9.64. The molecule has 0 aliphatic carbocycles. The topological polar surface area (TPSA) is 0 Å². The van der Waals surface area contributed by atoms with Crippen LogP contribution in [-0.2, 0) is 6.42 Å². The summed E-state index contributed by atoms with van der Waals surface area (Å²) in [6, 6.07) is 71.1. The molecule has 47 heavy (non-hydrogen) atoms. The fraction of sp³-hybridized carbons (Fsp3) is 0.0638. The molecular formula is C47H36. The second kappa shape index (κ2) is 12.9. The summed E-state index contributed by atoms with van der Waals surface area (Å²) in [6.07, 6.45) is 0.945. The maximum Gasteiger partial charge on any atom is 0.0346 e. The van der Waals surface area contributed by atoms with Crippen LogP contribution in [0.2, 0.25) is 0 Å². The minimum absolute atomic E-state index is 0.155. The molecule has 8 aromatic carbocycles. The molecule has 0 N–H and O–H groups in total. The molecule has 0 heteroatoms. The van der Waals surface area contributed by atoms with Crippen LogP contribution in [0, 0.1) is 0 Å². The van der Waals surface area contributed by atoms with Crippen molar-refractivity contribution in [1.82, 2.24) is 0 Å². The van der Waals surface area contributed by atoms with E-state index in [0.29, 0.717) is 0 Å². The Kier molecular flexibility index (Phi) is 7.92. The van der Waals surface area contributed by atoms with Crippen LogP contribution in [-0.4, -0.2) is 0 Å². The molecule has 0 fully saturated rings. The van der Waals surface area contributed by atoms with E-state index in [1.165, 1.54) is 66.1 Å². The first-order valence-corrected chi connectivity index (χ1v) is 16.6. The molecule has 0 bridgehead atoms. The summed E-state index contributed by atoms with van der Waals surface area (Å²) in [5.74, 6) is 0.430. The summed E-state index contributed by atoms with van der Waals surface area (Å²) >= 11 is 0. The summed E-state index contributed by atoms with van der Waals surface area (Å²) < 4.78 is 0. The predicted molar refractivity (Wildman–Crippen MR) is 199 cm³/mol. The molecule has 0 radical (unpaired) electrons. The highest BCUT2D eigenvalue weighted by Crippen LogP contribution is 2.38. The minimum Gasteiger partial charge on any atom is -0.0622 e. The molecule has 0 nitrogen and oxygen atoms in total. The van der Waals surface area contributed by atoms with Crippen molar-refractivity contribution >= 4 is 21.5 Å². The average Bonchev–Trinajstić information content (AvgIpc) is 3.15. The van der Waals surface area contributed by atoms with E-state index >= 15 is 0 Å².